The number of carbonyl (C=O) groups excluding carboxylic acids is 2. The molecule has 1 heterocycles. The molecule has 0 bridgehead atoms. The molecule has 1 aromatic carbocycles. The van der Waals surface area contributed by atoms with E-state index >= 15 is 0 Å². The van der Waals surface area contributed by atoms with E-state index in [1.807, 2.05) is 32.0 Å². The van der Waals surface area contributed by atoms with Crippen molar-refractivity contribution in [2.75, 3.05) is 18.4 Å². The minimum absolute atomic E-state index is 0.119. The molecule has 26 heavy (non-hydrogen) atoms. The number of hydrogen-bond acceptors (Lipinski definition) is 4. The number of pyridine rings is 1. The molecule has 2 rings (SSSR count). The number of para-hydroxylation sites is 1. The Balaban J connectivity index is 2.13. The van der Waals surface area contributed by atoms with Crippen LogP contribution in [0.25, 0.3) is 0 Å². The van der Waals surface area contributed by atoms with Crippen molar-refractivity contribution in [3.63, 3.8) is 0 Å². The molecule has 0 atom stereocenters. The van der Waals surface area contributed by atoms with Gasteiger partial charge in [0.2, 0.25) is 5.91 Å². The van der Waals surface area contributed by atoms with Crippen molar-refractivity contribution in [2.24, 2.45) is 0 Å². The first kappa shape index (κ1) is 19.1. The van der Waals surface area contributed by atoms with Gasteiger partial charge in [0.25, 0.3) is 5.91 Å². The molecule has 0 radical (unpaired) electrons. The number of nitrogens with zero attached hydrogens (tertiary/aromatic N) is 2. The van der Waals surface area contributed by atoms with Crippen LogP contribution in [-0.4, -0.2) is 45.9 Å². The van der Waals surface area contributed by atoms with Crippen molar-refractivity contribution in [1.82, 2.24) is 9.88 Å². The van der Waals surface area contributed by atoms with E-state index in [0.717, 1.165) is 5.56 Å². The number of rotatable bonds is 7. The van der Waals surface area contributed by atoms with E-state index in [0.29, 0.717) is 18.7 Å². The molecule has 136 valence electrons. The summed E-state index contributed by atoms with van der Waals surface area (Å²) in [6, 6.07) is 10.0. The Labute approximate surface area is 151 Å². The molecule has 0 saturated carbocycles. The first-order chi connectivity index (χ1) is 12.4. The van der Waals surface area contributed by atoms with Crippen LogP contribution in [0.1, 0.15) is 39.8 Å². The molecule has 0 aliphatic carbocycles. The van der Waals surface area contributed by atoms with Gasteiger partial charge < -0.3 is 15.3 Å². The summed E-state index contributed by atoms with van der Waals surface area (Å²) in [6.45, 7) is 4.04. The standard InChI is InChI=1S/C19H21N3O4/c1-3-10-22(12-17(23)21-15-7-5-4-6-13(15)2)18(24)14-8-9-20-16(11-14)19(25)26/h4-9,11H,3,10,12H2,1-2H3,(H,21,23)(H,25,26). The topological polar surface area (TPSA) is 99.6 Å². The summed E-state index contributed by atoms with van der Waals surface area (Å²) in [6.07, 6.45) is 1.94. The molecule has 0 spiro atoms. The van der Waals surface area contributed by atoms with Crippen LogP contribution < -0.4 is 5.32 Å². The van der Waals surface area contributed by atoms with Gasteiger partial charge in [-0.05, 0) is 37.1 Å². The molecule has 1 aromatic heterocycles. The number of amides is 2. The predicted octanol–water partition coefficient (Wildman–Crippen LogP) is 2.58. The molecule has 0 aliphatic heterocycles. The number of nitrogens with one attached hydrogen (secondary N) is 1. The van der Waals surface area contributed by atoms with Gasteiger partial charge in [0, 0.05) is 24.0 Å². The summed E-state index contributed by atoms with van der Waals surface area (Å²) in [5.74, 6) is -1.93. The second kappa shape index (κ2) is 8.75. The van der Waals surface area contributed by atoms with Gasteiger partial charge in [-0.2, -0.15) is 0 Å². The maximum absolute atomic E-state index is 12.7. The first-order valence-electron chi connectivity index (χ1n) is 8.26. The maximum Gasteiger partial charge on any atom is 0.354 e. The number of anilines is 1. The van der Waals surface area contributed by atoms with Crippen LogP contribution >= 0.6 is 0 Å². The minimum Gasteiger partial charge on any atom is -0.477 e. The maximum atomic E-state index is 12.7. The van der Waals surface area contributed by atoms with Gasteiger partial charge in [-0.1, -0.05) is 25.1 Å². The number of benzene rings is 1. The molecule has 7 nitrogen and oxygen atoms in total. The Bertz CT molecular complexity index is 820. The van der Waals surface area contributed by atoms with Crippen molar-refractivity contribution in [2.45, 2.75) is 20.3 Å². The number of aryl methyl sites for hydroxylation is 1. The van der Waals surface area contributed by atoms with E-state index in [-0.39, 0.29) is 23.7 Å². The molecule has 2 N–H and O–H groups in total. The quantitative estimate of drug-likeness (QED) is 0.795. The van der Waals surface area contributed by atoms with Gasteiger partial charge in [-0.3, -0.25) is 9.59 Å². The van der Waals surface area contributed by atoms with Crippen molar-refractivity contribution in [3.05, 3.63) is 59.4 Å². The monoisotopic (exact) mass is 355 g/mol. The molecular weight excluding hydrogens is 334 g/mol. The fourth-order valence-corrected chi connectivity index (χ4v) is 2.46. The van der Waals surface area contributed by atoms with Gasteiger partial charge in [0.15, 0.2) is 0 Å². The van der Waals surface area contributed by atoms with Crippen LogP contribution in [0.3, 0.4) is 0 Å². The third kappa shape index (κ3) is 4.89. The molecule has 2 aromatic rings. The highest BCUT2D eigenvalue weighted by Crippen LogP contribution is 2.13. The van der Waals surface area contributed by atoms with Crippen molar-refractivity contribution in [1.29, 1.82) is 0 Å². The predicted molar refractivity (Wildman–Crippen MR) is 97.2 cm³/mol. The van der Waals surface area contributed by atoms with E-state index in [1.54, 1.807) is 6.07 Å². The number of carboxylic acids is 1. The molecular formula is C19H21N3O4. The van der Waals surface area contributed by atoms with E-state index in [4.69, 9.17) is 5.11 Å². The lowest BCUT2D eigenvalue weighted by atomic mass is 10.2. The van der Waals surface area contributed by atoms with Crippen LogP contribution in [0.15, 0.2) is 42.6 Å². The van der Waals surface area contributed by atoms with Gasteiger partial charge >= 0.3 is 5.97 Å². The van der Waals surface area contributed by atoms with Crippen LogP contribution in [-0.2, 0) is 4.79 Å². The fraction of sp³-hybridized carbons (Fsp3) is 0.263. The zero-order valence-electron chi connectivity index (χ0n) is 14.7. The Kier molecular flexibility index (Phi) is 6.43. The Morgan fingerprint density at radius 3 is 2.58 bits per heavy atom. The largest absolute Gasteiger partial charge is 0.477 e. The third-order valence-corrected chi connectivity index (χ3v) is 3.76. The van der Waals surface area contributed by atoms with Gasteiger partial charge in [-0.15, -0.1) is 0 Å². The Morgan fingerprint density at radius 2 is 1.92 bits per heavy atom. The summed E-state index contributed by atoms with van der Waals surface area (Å²) in [5.41, 5.74) is 1.60. The SMILES string of the molecule is CCCN(CC(=O)Nc1ccccc1C)C(=O)c1ccnc(C(=O)O)c1. The molecule has 0 unspecified atom stereocenters. The lowest BCUT2D eigenvalue weighted by molar-refractivity contribution is -0.116. The summed E-state index contributed by atoms with van der Waals surface area (Å²) in [5, 5.41) is 11.8. The van der Waals surface area contributed by atoms with E-state index in [1.165, 1.54) is 23.2 Å². The average Bonchev–Trinajstić information content (AvgIpc) is 2.62. The minimum atomic E-state index is -1.21. The molecule has 0 saturated heterocycles. The fourth-order valence-electron chi connectivity index (χ4n) is 2.46. The van der Waals surface area contributed by atoms with Crippen LogP contribution in [0.5, 0.6) is 0 Å². The lowest BCUT2D eigenvalue weighted by Gasteiger charge is -2.22. The zero-order chi connectivity index (χ0) is 19.1. The normalized spacial score (nSPS) is 10.2. The molecule has 0 fully saturated rings. The highest BCUT2D eigenvalue weighted by atomic mass is 16.4. The van der Waals surface area contributed by atoms with Gasteiger partial charge in [0.1, 0.15) is 12.2 Å². The summed E-state index contributed by atoms with van der Waals surface area (Å²) < 4.78 is 0. The lowest BCUT2D eigenvalue weighted by Crippen LogP contribution is -2.38. The highest BCUT2D eigenvalue weighted by molar-refractivity contribution is 6.00. The Morgan fingerprint density at radius 1 is 1.19 bits per heavy atom. The molecule has 2 amide bonds. The summed E-state index contributed by atoms with van der Waals surface area (Å²) >= 11 is 0. The number of hydrogen-bond donors (Lipinski definition) is 2. The number of aromatic nitrogens is 1. The second-order valence-electron chi connectivity index (χ2n) is 5.82. The number of carbonyl (C=O) groups is 3. The van der Waals surface area contributed by atoms with Crippen LogP contribution in [0.2, 0.25) is 0 Å². The zero-order valence-corrected chi connectivity index (χ0v) is 14.7. The number of carboxylic acid groups (broad SMARTS) is 1. The van der Waals surface area contributed by atoms with Crippen molar-refractivity contribution < 1.29 is 19.5 Å². The van der Waals surface area contributed by atoms with Crippen LogP contribution in [0.4, 0.5) is 5.69 Å². The smallest absolute Gasteiger partial charge is 0.354 e. The first-order valence-corrected chi connectivity index (χ1v) is 8.26. The highest BCUT2D eigenvalue weighted by Gasteiger charge is 2.20. The number of aromatic carboxylic acids is 1. The van der Waals surface area contributed by atoms with E-state index in [2.05, 4.69) is 10.3 Å². The summed E-state index contributed by atoms with van der Waals surface area (Å²) in [7, 11) is 0. The summed E-state index contributed by atoms with van der Waals surface area (Å²) in [4.78, 5) is 41.2. The van der Waals surface area contributed by atoms with Gasteiger partial charge in [0.05, 0.1) is 0 Å². The second-order valence-corrected chi connectivity index (χ2v) is 5.82. The average molecular weight is 355 g/mol. The Hall–Kier alpha value is -3.22. The van der Waals surface area contributed by atoms with E-state index < -0.39 is 11.9 Å². The van der Waals surface area contributed by atoms with Crippen molar-refractivity contribution in [3.8, 4) is 0 Å². The van der Waals surface area contributed by atoms with Gasteiger partial charge in [-0.25, -0.2) is 9.78 Å². The molecule has 7 heteroatoms. The molecule has 0 aliphatic rings. The van der Waals surface area contributed by atoms with Crippen molar-refractivity contribution >= 4 is 23.5 Å². The third-order valence-electron chi connectivity index (χ3n) is 3.76. The van der Waals surface area contributed by atoms with E-state index in [9.17, 15) is 14.4 Å². The van der Waals surface area contributed by atoms with Crippen LogP contribution in [0, 0.1) is 6.92 Å².